The van der Waals surface area contributed by atoms with Crippen molar-refractivity contribution in [3.8, 4) is 0 Å². The third kappa shape index (κ3) is 3.93. The van der Waals surface area contributed by atoms with E-state index in [4.69, 9.17) is 0 Å². The summed E-state index contributed by atoms with van der Waals surface area (Å²) in [5.41, 5.74) is 0. The van der Waals surface area contributed by atoms with Crippen LogP contribution in [0.5, 0.6) is 0 Å². The zero-order valence-electron chi connectivity index (χ0n) is 6.19. The van der Waals surface area contributed by atoms with Gasteiger partial charge in [0.25, 0.3) is 0 Å². The van der Waals surface area contributed by atoms with Crippen molar-refractivity contribution in [3.05, 3.63) is 5.92 Å². The number of hydrogen-bond donors (Lipinski definition) is 1. The van der Waals surface area contributed by atoms with E-state index in [-0.39, 0.29) is 38.6 Å². The van der Waals surface area contributed by atoms with Gasteiger partial charge in [0, 0.05) is 32.7 Å². The van der Waals surface area contributed by atoms with Crippen molar-refractivity contribution in [3.63, 3.8) is 0 Å². The molecule has 51 valence electrons. The summed E-state index contributed by atoms with van der Waals surface area (Å²) in [6.45, 7) is 6.62. The number of rotatable bonds is 0. The van der Waals surface area contributed by atoms with E-state index in [0.717, 1.165) is 12.5 Å². The molecule has 3 heteroatoms. The Balaban J connectivity index is 0. The first-order valence-electron chi connectivity index (χ1n) is 2.91. The second kappa shape index (κ2) is 6.56. The van der Waals surface area contributed by atoms with E-state index in [1.807, 2.05) is 20.8 Å². The van der Waals surface area contributed by atoms with Crippen LogP contribution in [0.3, 0.4) is 0 Å². The van der Waals surface area contributed by atoms with Crippen LogP contribution in [0.25, 0.3) is 0 Å². The molecule has 9 heavy (non-hydrogen) atoms. The first-order valence-corrected chi connectivity index (χ1v) is 2.91. The van der Waals surface area contributed by atoms with E-state index in [1.54, 1.807) is 0 Å². The second-order valence-corrected chi connectivity index (χ2v) is 1.46. The number of β-lactam (4-membered cyclic amide) rings is 1. The van der Waals surface area contributed by atoms with Crippen molar-refractivity contribution in [2.75, 3.05) is 6.54 Å². The van der Waals surface area contributed by atoms with Gasteiger partial charge in [0.05, 0.1) is 5.91 Å². The van der Waals surface area contributed by atoms with Crippen LogP contribution < -0.4 is 5.32 Å². The maximum atomic E-state index is 10.1. The van der Waals surface area contributed by atoms with E-state index in [9.17, 15) is 4.79 Å². The zero-order chi connectivity index (χ0) is 6.57. The number of amides is 1. The fourth-order valence-electron chi connectivity index (χ4n) is 0.337. The normalized spacial score (nSPS) is 13.7. The van der Waals surface area contributed by atoms with Crippen molar-refractivity contribution in [2.45, 2.75) is 20.8 Å². The summed E-state index contributed by atoms with van der Waals surface area (Å²) < 4.78 is 0. The summed E-state index contributed by atoms with van der Waals surface area (Å²) in [6, 6.07) is 0. The molecule has 1 radical (unpaired) electrons. The van der Waals surface area contributed by atoms with Crippen molar-refractivity contribution in [1.82, 2.24) is 5.32 Å². The number of nitrogens with one attached hydrogen (secondary N) is 1. The van der Waals surface area contributed by atoms with E-state index < -0.39 is 0 Å². The fraction of sp³-hybridized carbons (Fsp3) is 0.667. The predicted octanol–water partition coefficient (Wildman–Crippen LogP) is 0.734. The molecule has 0 aromatic heterocycles. The summed E-state index contributed by atoms with van der Waals surface area (Å²) in [4.78, 5) is 10.1. The summed E-state index contributed by atoms with van der Waals surface area (Å²) in [5, 5.41) is 2.58. The van der Waals surface area contributed by atoms with Gasteiger partial charge in [-0.15, -0.1) is 0 Å². The van der Waals surface area contributed by atoms with Crippen LogP contribution in [0.2, 0.25) is 0 Å². The number of hydrogen-bond acceptors (Lipinski definition) is 1. The second-order valence-electron chi connectivity index (χ2n) is 1.46. The maximum absolute atomic E-state index is 10.1. The van der Waals surface area contributed by atoms with Gasteiger partial charge in [-0.1, -0.05) is 20.4 Å². The van der Waals surface area contributed by atoms with Gasteiger partial charge in [0.15, 0.2) is 0 Å². The average molecular weight is 203 g/mol. The topological polar surface area (TPSA) is 29.1 Å². The van der Waals surface area contributed by atoms with Crippen LogP contribution in [0.1, 0.15) is 20.8 Å². The SMILES string of the molecule is CC.C[C-]1CNC1=O.[Y]. The van der Waals surface area contributed by atoms with Crippen molar-refractivity contribution >= 4 is 5.91 Å². The Morgan fingerprint density at radius 1 is 1.56 bits per heavy atom. The molecule has 0 spiro atoms. The molecule has 0 aromatic rings. The van der Waals surface area contributed by atoms with Crippen LogP contribution in [0, 0.1) is 5.92 Å². The smallest absolute Gasteiger partial charge is 0.0841 e. The minimum atomic E-state index is 0. The number of carbonyl (C=O) groups is 1. The van der Waals surface area contributed by atoms with Gasteiger partial charge in [0.1, 0.15) is 0 Å². The molecule has 1 fully saturated rings. The Hall–Kier alpha value is 0.444. The first kappa shape index (κ1) is 12.2. The molecule has 0 aliphatic carbocycles. The number of carbonyl (C=O) groups excluding carboxylic acids is 1. The molecule has 1 aliphatic heterocycles. The van der Waals surface area contributed by atoms with Gasteiger partial charge in [-0.3, -0.25) is 5.92 Å². The molecule has 0 aromatic carbocycles. The monoisotopic (exact) mass is 203 g/mol. The van der Waals surface area contributed by atoms with Crippen molar-refractivity contribution in [2.24, 2.45) is 0 Å². The third-order valence-electron chi connectivity index (χ3n) is 0.902. The molecule has 0 unspecified atom stereocenters. The van der Waals surface area contributed by atoms with Crippen LogP contribution in [-0.4, -0.2) is 12.5 Å². The Bertz CT molecular complexity index is 85.1. The molecule has 1 heterocycles. The largest absolute Gasteiger partial charge is 0.408 e. The molecule has 1 aliphatic rings. The van der Waals surface area contributed by atoms with E-state index >= 15 is 0 Å². The van der Waals surface area contributed by atoms with Gasteiger partial charge in [-0.05, 0) is 0 Å². The van der Waals surface area contributed by atoms with Gasteiger partial charge < -0.3 is 10.1 Å². The molecule has 2 nitrogen and oxygen atoms in total. The molecular formula is C6H12NOY-. The predicted molar refractivity (Wildman–Crippen MR) is 33.3 cm³/mol. The van der Waals surface area contributed by atoms with E-state index in [2.05, 4.69) is 5.32 Å². The Morgan fingerprint density at radius 3 is 1.89 bits per heavy atom. The molecule has 1 N–H and O–H groups in total. The molecule has 0 saturated carbocycles. The quantitative estimate of drug-likeness (QED) is 0.456. The van der Waals surface area contributed by atoms with Crippen molar-refractivity contribution < 1.29 is 37.5 Å². The van der Waals surface area contributed by atoms with Crippen LogP contribution in [0.15, 0.2) is 0 Å². The van der Waals surface area contributed by atoms with Gasteiger partial charge >= 0.3 is 0 Å². The van der Waals surface area contributed by atoms with E-state index in [0.29, 0.717) is 0 Å². The molecule has 1 saturated heterocycles. The molecule has 1 rings (SSSR count). The first-order chi connectivity index (χ1) is 3.80. The van der Waals surface area contributed by atoms with Crippen molar-refractivity contribution in [1.29, 1.82) is 0 Å². The summed E-state index contributed by atoms with van der Waals surface area (Å²) >= 11 is 0. The van der Waals surface area contributed by atoms with Crippen LogP contribution in [0.4, 0.5) is 0 Å². The zero-order valence-corrected chi connectivity index (χ0v) is 9.03. The minimum Gasteiger partial charge on any atom is -0.408 e. The molecule has 0 atom stereocenters. The standard InChI is InChI=1S/C4H6NO.C2H6.Y/c1-3-2-5-4(3)6;1-2;/h2H2,1H3,(H,5,6);1-2H3;/q-1;;. The van der Waals surface area contributed by atoms with Gasteiger partial charge in [-0.25, -0.2) is 0 Å². The molecular weight excluding hydrogens is 191 g/mol. The van der Waals surface area contributed by atoms with Crippen LogP contribution in [-0.2, 0) is 37.5 Å². The fourth-order valence-corrected chi connectivity index (χ4v) is 0.337. The van der Waals surface area contributed by atoms with Crippen LogP contribution >= 0.6 is 0 Å². The summed E-state index contributed by atoms with van der Waals surface area (Å²) in [5.74, 6) is 1.05. The summed E-state index contributed by atoms with van der Waals surface area (Å²) in [6.07, 6.45) is 0. The van der Waals surface area contributed by atoms with E-state index in [1.165, 1.54) is 0 Å². The third-order valence-corrected chi connectivity index (χ3v) is 0.902. The minimum absolute atomic E-state index is 0. The Labute approximate surface area is 81.7 Å². The van der Waals surface area contributed by atoms with Gasteiger partial charge in [-0.2, -0.15) is 6.92 Å². The molecule has 0 bridgehead atoms. The average Bonchev–Trinajstić information content (AvgIpc) is 1.88. The summed E-state index contributed by atoms with van der Waals surface area (Å²) in [7, 11) is 0. The molecule has 1 amide bonds. The Morgan fingerprint density at radius 2 is 1.89 bits per heavy atom. The Kier molecular flexibility index (Phi) is 8.86. The van der Waals surface area contributed by atoms with Gasteiger partial charge in [0.2, 0.25) is 0 Å². The maximum Gasteiger partial charge on any atom is 0.0841 e.